The number of aromatic nitrogens is 2. The summed E-state index contributed by atoms with van der Waals surface area (Å²) >= 11 is 9.27. The minimum atomic E-state index is -0.538. The van der Waals surface area contributed by atoms with Crippen molar-refractivity contribution in [2.75, 3.05) is 7.11 Å². The Hall–Kier alpha value is -3.17. The molecule has 10 heteroatoms. The van der Waals surface area contributed by atoms with Crippen LogP contribution in [-0.4, -0.2) is 35.0 Å². The predicted octanol–water partition coefficient (Wildman–Crippen LogP) is 4.29. The number of amides is 1. The molecule has 0 aliphatic carbocycles. The van der Waals surface area contributed by atoms with Crippen LogP contribution >= 0.6 is 27.5 Å². The molecule has 8 nitrogen and oxygen atoms in total. The first-order chi connectivity index (χ1) is 15.3. The Kier molecular flexibility index (Phi) is 7.66. The van der Waals surface area contributed by atoms with Gasteiger partial charge in [-0.25, -0.2) is 10.2 Å². The zero-order valence-corrected chi connectivity index (χ0v) is 19.9. The summed E-state index contributed by atoms with van der Waals surface area (Å²) in [7, 11) is 1.46. The summed E-state index contributed by atoms with van der Waals surface area (Å²) in [5, 5.41) is 8.78. The van der Waals surface area contributed by atoms with E-state index in [0.717, 1.165) is 15.9 Å². The highest BCUT2D eigenvalue weighted by atomic mass is 79.9. The van der Waals surface area contributed by atoms with E-state index in [-0.39, 0.29) is 18.2 Å². The Morgan fingerprint density at radius 2 is 1.91 bits per heavy atom. The van der Waals surface area contributed by atoms with Gasteiger partial charge >= 0.3 is 5.97 Å². The molecule has 0 unspecified atom stereocenters. The van der Waals surface area contributed by atoms with E-state index < -0.39 is 5.97 Å². The predicted molar refractivity (Wildman–Crippen MR) is 125 cm³/mol. The maximum Gasteiger partial charge on any atom is 0.343 e. The first kappa shape index (κ1) is 23.5. The van der Waals surface area contributed by atoms with Crippen molar-refractivity contribution < 1.29 is 19.1 Å². The standard InChI is InChI=1S/C22H20BrClN4O4/c1-13-21(23)14(2)28(27-13)12-20(29)26-25-11-15-4-9-18(19(10-15)31-3)32-22(30)16-5-7-17(24)8-6-16/h4-11H,12H2,1-3H3,(H,26,29)/b25-11+. The van der Waals surface area contributed by atoms with E-state index in [1.54, 1.807) is 47.1 Å². The van der Waals surface area contributed by atoms with Gasteiger partial charge in [-0.2, -0.15) is 10.2 Å². The molecule has 3 rings (SSSR count). The lowest BCUT2D eigenvalue weighted by molar-refractivity contribution is -0.121. The van der Waals surface area contributed by atoms with E-state index in [1.165, 1.54) is 13.3 Å². The molecule has 3 aromatic rings. The first-order valence-corrected chi connectivity index (χ1v) is 10.6. The van der Waals surface area contributed by atoms with Crippen LogP contribution in [0.15, 0.2) is 52.0 Å². The molecule has 0 spiro atoms. The molecule has 0 fully saturated rings. The van der Waals surface area contributed by atoms with E-state index in [4.69, 9.17) is 21.1 Å². The summed E-state index contributed by atoms with van der Waals surface area (Å²) in [6, 6.07) is 11.3. The summed E-state index contributed by atoms with van der Waals surface area (Å²) in [6.07, 6.45) is 1.46. The highest BCUT2D eigenvalue weighted by molar-refractivity contribution is 9.10. The highest BCUT2D eigenvalue weighted by Gasteiger charge is 2.13. The molecular formula is C22H20BrClN4O4. The Morgan fingerprint density at radius 3 is 2.53 bits per heavy atom. The first-order valence-electron chi connectivity index (χ1n) is 9.45. The number of hydrazone groups is 1. The van der Waals surface area contributed by atoms with Gasteiger partial charge in [-0.1, -0.05) is 11.6 Å². The Morgan fingerprint density at radius 1 is 1.19 bits per heavy atom. The lowest BCUT2D eigenvalue weighted by atomic mass is 10.2. The van der Waals surface area contributed by atoms with E-state index >= 15 is 0 Å². The van der Waals surface area contributed by atoms with E-state index in [9.17, 15) is 9.59 Å². The van der Waals surface area contributed by atoms with Gasteiger partial charge in [0.25, 0.3) is 5.91 Å². The van der Waals surface area contributed by atoms with Gasteiger partial charge in [0.05, 0.1) is 34.7 Å². The quantitative estimate of drug-likeness (QED) is 0.217. The number of ether oxygens (including phenoxy) is 2. The number of rotatable bonds is 7. The van der Waals surface area contributed by atoms with Crippen molar-refractivity contribution in [1.82, 2.24) is 15.2 Å². The number of halogens is 2. The van der Waals surface area contributed by atoms with Crippen LogP contribution in [0.1, 0.15) is 27.3 Å². The van der Waals surface area contributed by atoms with Crippen molar-refractivity contribution in [3.05, 3.63) is 74.5 Å². The fourth-order valence-electron chi connectivity index (χ4n) is 2.77. The maximum absolute atomic E-state index is 12.3. The van der Waals surface area contributed by atoms with Crippen molar-refractivity contribution in [2.45, 2.75) is 20.4 Å². The van der Waals surface area contributed by atoms with Crippen molar-refractivity contribution in [3.63, 3.8) is 0 Å². The number of aryl methyl sites for hydroxylation is 1. The van der Waals surface area contributed by atoms with Crippen LogP contribution < -0.4 is 14.9 Å². The number of benzene rings is 2. The van der Waals surface area contributed by atoms with Crippen LogP contribution in [0.25, 0.3) is 0 Å². The van der Waals surface area contributed by atoms with Gasteiger partial charge in [0.2, 0.25) is 0 Å². The normalized spacial score (nSPS) is 10.9. The summed E-state index contributed by atoms with van der Waals surface area (Å²) in [5.74, 6) is -0.261. The van der Waals surface area contributed by atoms with Gasteiger partial charge in [-0.15, -0.1) is 0 Å². The molecule has 0 saturated heterocycles. The minimum Gasteiger partial charge on any atom is -0.493 e. The van der Waals surface area contributed by atoms with Crippen LogP contribution in [0.4, 0.5) is 0 Å². The molecule has 0 radical (unpaired) electrons. The summed E-state index contributed by atoms with van der Waals surface area (Å²) in [5.41, 5.74) is 5.13. The van der Waals surface area contributed by atoms with Gasteiger partial charge in [0.1, 0.15) is 6.54 Å². The maximum atomic E-state index is 12.3. The average molecular weight is 520 g/mol. The monoisotopic (exact) mass is 518 g/mol. The van der Waals surface area contributed by atoms with Crippen molar-refractivity contribution in [3.8, 4) is 11.5 Å². The third kappa shape index (κ3) is 5.74. The molecule has 166 valence electrons. The molecule has 0 saturated carbocycles. The lowest BCUT2D eigenvalue weighted by Gasteiger charge is -2.10. The largest absolute Gasteiger partial charge is 0.493 e. The number of hydrogen-bond donors (Lipinski definition) is 1. The molecule has 32 heavy (non-hydrogen) atoms. The number of esters is 1. The van der Waals surface area contributed by atoms with E-state index in [2.05, 4.69) is 31.6 Å². The second-order valence-electron chi connectivity index (χ2n) is 6.74. The fourth-order valence-corrected chi connectivity index (χ4v) is 3.18. The van der Waals surface area contributed by atoms with E-state index in [1.807, 2.05) is 13.8 Å². The number of nitrogens with one attached hydrogen (secondary N) is 1. The number of nitrogens with zero attached hydrogens (tertiary/aromatic N) is 3. The number of hydrogen-bond acceptors (Lipinski definition) is 6. The molecule has 1 N–H and O–H groups in total. The summed E-state index contributed by atoms with van der Waals surface area (Å²) in [4.78, 5) is 24.5. The highest BCUT2D eigenvalue weighted by Crippen LogP contribution is 2.28. The summed E-state index contributed by atoms with van der Waals surface area (Å²) in [6.45, 7) is 3.76. The molecule has 0 atom stereocenters. The molecule has 1 heterocycles. The van der Waals surface area contributed by atoms with Crippen LogP contribution in [0, 0.1) is 13.8 Å². The number of methoxy groups -OCH3 is 1. The molecule has 0 bridgehead atoms. The zero-order chi connectivity index (χ0) is 23.3. The van der Waals surface area contributed by atoms with Crippen molar-refractivity contribution in [1.29, 1.82) is 0 Å². The number of carbonyl (C=O) groups is 2. The van der Waals surface area contributed by atoms with E-state index in [0.29, 0.717) is 21.9 Å². The second kappa shape index (κ2) is 10.4. The average Bonchev–Trinajstić information content (AvgIpc) is 3.01. The molecule has 0 aliphatic rings. The van der Waals surface area contributed by atoms with Crippen molar-refractivity contribution >= 4 is 45.6 Å². The third-order valence-electron chi connectivity index (χ3n) is 4.46. The number of carbonyl (C=O) groups excluding carboxylic acids is 2. The second-order valence-corrected chi connectivity index (χ2v) is 7.97. The van der Waals surface area contributed by atoms with Gasteiger partial charge in [-0.05, 0) is 77.8 Å². The Bertz CT molecular complexity index is 1180. The van der Waals surface area contributed by atoms with Gasteiger partial charge in [0, 0.05) is 5.02 Å². The van der Waals surface area contributed by atoms with Crippen LogP contribution in [0.5, 0.6) is 11.5 Å². The van der Waals surface area contributed by atoms with Gasteiger partial charge in [-0.3, -0.25) is 9.48 Å². The van der Waals surface area contributed by atoms with Crippen LogP contribution in [0.3, 0.4) is 0 Å². The topological polar surface area (TPSA) is 94.8 Å². The minimum absolute atomic E-state index is 0.0402. The molecule has 2 aromatic carbocycles. The Labute approximate surface area is 198 Å². The van der Waals surface area contributed by atoms with Crippen LogP contribution in [-0.2, 0) is 11.3 Å². The SMILES string of the molecule is COc1cc(/C=N/NC(=O)Cn2nc(C)c(Br)c2C)ccc1OC(=O)c1ccc(Cl)cc1. The fraction of sp³-hybridized carbons (Fsp3) is 0.182. The molecule has 1 aromatic heterocycles. The van der Waals surface area contributed by atoms with Gasteiger partial charge in [0.15, 0.2) is 11.5 Å². The molecule has 1 amide bonds. The van der Waals surface area contributed by atoms with Crippen molar-refractivity contribution in [2.24, 2.45) is 5.10 Å². The van der Waals surface area contributed by atoms with Crippen LogP contribution in [0.2, 0.25) is 5.02 Å². The molecule has 0 aliphatic heterocycles. The third-order valence-corrected chi connectivity index (χ3v) is 5.86. The Balaban J connectivity index is 1.62. The molecular weight excluding hydrogens is 500 g/mol. The summed E-state index contributed by atoms with van der Waals surface area (Å²) < 4.78 is 13.2. The zero-order valence-electron chi connectivity index (χ0n) is 17.6. The van der Waals surface area contributed by atoms with Gasteiger partial charge < -0.3 is 9.47 Å². The lowest BCUT2D eigenvalue weighted by Crippen LogP contribution is -2.24. The smallest absolute Gasteiger partial charge is 0.343 e.